The predicted molar refractivity (Wildman–Crippen MR) is 78.8 cm³/mol. The Kier molecular flexibility index (Phi) is 4.81. The van der Waals surface area contributed by atoms with Crippen molar-refractivity contribution in [3.05, 3.63) is 58.9 Å². The highest BCUT2D eigenvalue weighted by Crippen LogP contribution is 2.25. The lowest BCUT2D eigenvalue weighted by atomic mass is 10.1. The molecule has 0 spiro atoms. The van der Waals surface area contributed by atoms with Gasteiger partial charge in [0.1, 0.15) is 5.75 Å². The van der Waals surface area contributed by atoms with Gasteiger partial charge in [-0.15, -0.1) is 0 Å². The number of ketones is 1. The summed E-state index contributed by atoms with van der Waals surface area (Å²) < 4.78 is 24.1. The molecule has 0 radical (unpaired) electrons. The van der Waals surface area contributed by atoms with E-state index < -0.39 is 11.9 Å². The normalized spacial score (nSPS) is 11.8. The summed E-state index contributed by atoms with van der Waals surface area (Å²) in [5.74, 6) is -0.316. The fourth-order valence-corrected chi connectivity index (χ4v) is 1.97. The maximum atomic E-state index is 13.7. The number of hydrogen-bond donors (Lipinski definition) is 0. The summed E-state index contributed by atoms with van der Waals surface area (Å²) in [6.45, 7) is 1.56. The number of benzene rings is 2. The molecule has 0 aliphatic rings. The van der Waals surface area contributed by atoms with Gasteiger partial charge in [-0.05, 0) is 43.3 Å². The summed E-state index contributed by atoms with van der Waals surface area (Å²) in [5, 5.41) is -0.0448. The Bertz CT molecular complexity index is 640. The molecule has 110 valence electrons. The van der Waals surface area contributed by atoms with Gasteiger partial charge in [-0.2, -0.15) is 0 Å². The number of hydrogen-bond acceptors (Lipinski definition) is 3. The van der Waals surface area contributed by atoms with Gasteiger partial charge in [0, 0.05) is 5.56 Å². The molecule has 0 aromatic heterocycles. The van der Waals surface area contributed by atoms with E-state index in [2.05, 4.69) is 0 Å². The molecule has 0 bridgehead atoms. The van der Waals surface area contributed by atoms with Crippen molar-refractivity contribution in [3.63, 3.8) is 0 Å². The largest absolute Gasteiger partial charge is 0.497 e. The third-order valence-corrected chi connectivity index (χ3v) is 3.26. The van der Waals surface area contributed by atoms with E-state index in [4.69, 9.17) is 21.1 Å². The highest BCUT2D eigenvalue weighted by atomic mass is 35.5. The van der Waals surface area contributed by atoms with Crippen LogP contribution in [0.3, 0.4) is 0 Å². The lowest BCUT2D eigenvalue weighted by Crippen LogP contribution is -2.24. The minimum absolute atomic E-state index is 0.0446. The molecule has 0 saturated carbocycles. The summed E-state index contributed by atoms with van der Waals surface area (Å²) in [6, 6.07) is 11.0. The van der Waals surface area contributed by atoms with E-state index in [0.717, 1.165) is 0 Å². The van der Waals surface area contributed by atoms with Crippen LogP contribution in [-0.2, 0) is 0 Å². The molecule has 0 saturated heterocycles. The van der Waals surface area contributed by atoms with Gasteiger partial charge < -0.3 is 9.47 Å². The Morgan fingerprint density at radius 1 is 1.19 bits per heavy atom. The Labute approximate surface area is 127 Å². The van der Waals surface area contributed by atoms with E-state index in [0.29, 0.717) is 11.3 Å². The van der Waals surface area contributed by atoms with E-state index in [-0.39, 0.29) is 16.6 Å². The second-order valence-electron chi connectivity index (χ2n) is 4.40. The molecule has 0 N–H and O–H groups in total. The summed E-state index contributed by atoms with van der Waals surface area (Å²) in [6.07, 6.45) is -0.827. The number of rotatable bonds is 5. The fourth-order valence-electron chi connectivity index (χ4n) is 1.81. The Morgan fingerprint density at radius 2 is 1.86 bits per heavy atom. The highest BCUT2D eigenvalue weighted by Gasteiger charge is 2.19. The molecule has 2 rings (SSSR count). The van der Waals surface area contributed by atoms with Crippen LogP contribution < -0.4 is 9.47 Å². The third kappa shape index (κ3) is 3.52. The van der Waals surface area contributed by atoms with Crippen LogP contribution in [0, 0.1) is 5.82 Å². The molecule has 2 aromatic carbocycles. The molecule has 0 aliphatic carbocycles. The smallest absolute Gasteiger partial charge is 0.202 e. The molecule has 0 heterocycles. The molecular formula is C16H14ClFO3. The van der Waals surface area contributed by atoms with Crippen molar-refractivity contribution in [1.29, 1.82) is 0 Å². The first-order valence-corrected chi connectivity index (χ1v) is 6.69. The minimum Gasteiger partial charge on any atom is -0.497 e. The van der Waals surface area contributed by atoms with Crippen LogP contribution in [0.4, 0.5) is 4.39 Å². The van der Waals surface area contributed by atoms with Crippen molar-refractivity contribution in [3.8, 4) is 11.5 Å². The first-order chi connectivity index (χ1) is 10.0. The average Bonchev–Trinajstić information content (AvgIpc) is 2.51. The van der Waals surface area contributed by atoms with Crippen molar-refractivity contribution in [1.82, 2.24) is 0 Å². The average molecular weight is 309 g/mol. The number of ether oxygens (including phenoxy) is 2. The molecule has 1 atom stereocenters. The lowest BCUT2D eigenvalue weighted by molar-refractivity contribution is 0.0812. The second kappa shape index (κ2) is 6.59. The quantitative estimate of drug-likeness (QED) is 0.779. The molecule has 21 heavy (non-hydrogen) atoms. The standard InChI is InChI=1S/C16H14ClFO3/c1-10(21-14-5-3-4-13(17)15(14)18)16(19)11-6-8-12(20-2)9-7-11/h3-10H,1-2H3. The molecule has 2 aromatic rings. The van der Waals surface area contributed by atoms with E-state index in [1.165, 1.54) is 12.1 Å². The lowest BCUT2D eigenvalue weighted by Gasteiger charge is -2.14. The van der Waals surface area contributed by atoms with Crippen LogP contribution in [0.1, 0.15) is 17.3 Å². The molecule has 3 nitrogen and oxygen atoms in total. The van der Waals surface area contributed by atoms with Gasteiger partial charge in [-0.25, -0.2) is 4.39 Å². The number of methoxy groups -OCH3 is 1. The van der Waals surface area contributed by atoms with Gasteiger partial charge in [0.15, 0.2) is 17.7 Å². The summed E-state index contributed by atoms with van der Waals surface area (Å²) in [5.41, 5.74) is 0.464. The van der Waals surface area contributed by atoms with Crippen molar-refractivity contribution in [2.75, 3.05) is 7.11 Å². The summed E-state index contributed by atoms with van der Waals surface area (Å²) >= 11 is 5.67. The van der Waals surface area contributed by atoms with Crippen molar-refractivity contribution in [2.24, 2.45) is 0 Å². The zero-order chi connectivity index (χ0) is 15.4. The fraction of sp³-hybridized carbons (Fsp3) is 0.188. The van der Waals surface area contributed by atoms with Gasteiger partial charge in [-0.1, -0.05) is 17.7 Å². The number of halogens is 2. The Balaban J connectivity index is 2.13. The predicted octanol–water partition coefficient (Wildman–Crippen LogP) is 4.14. The van der Waals surface area contributed by atoms with Gasteiger partial charge >= 0.3 is 0 Å². The van der Waals surface area contributed by atoms with Crippen LogP contribution in [-0.4, -0.2) is 19.0 Å². The minimum atomic E-state index is -0.827. The van der Waals surface area contributed by atoms with E-state index in [9.17, 15) is 9.18 Å². The number of Topliss-reactive ketones (excluding diaryl/α,β-unsaturated/α-hetero) is 1. The Hall–Kier alpha value is -2.07. The van der Waals surface area contributed by atoms with E-state index in [1.54, 1.807) is 44.4 Å². The van der Waals surface area contributed by atoms with Gasteiger partial charge in [0.2, 0.25) is 5.78 Å². The summed E-state index contributed by atoms with van der Waals surface area (Å²) in [4.78, 5) is 12.2. The van der Waals surface area contributed by atoms with Gasteiger partial charge in [-0.3, -0.25) is 4.79 Å². The number of carbonyl (C=O) groups is 1. The van der Waals surface area contributed by atoms with Crippen LogP contribution in [0.5, 0.6) is 11.5 Å². The second-order valence-corrected chi connectivity index (χ2v) is 4.81. The molecular weight excluding hydrogens is 295 g/mol. The molecule has 5 heteroatoms. The van der Waals surface area contributed by atoms with Gasteiger partial charge in [0.05, 0.1) is 12.1 Å². The SMILES string of the molecule is COc1ccc(C(=O)C(C)Oc2cccc(Cl)c2F)cc1. The van der Waals surface area contributed by atoms with E-state index in [1.807, 2.05) is 0 Å². The molecule has 0 fully saturated rings. The van der Waals surface area contributed by atoms with Crippen LogP contribution in [0.2, 0.25) is 5.02 Å². The maximum absolute atomic E-state index is 13.7. The van der Waals surface area contributed by atoms with Gasteiger partial charge in [0.25, 0.3) is 0 Å². The zero-order valence-electron chi connectivity index (χ0n) is 11.6. The molecule has 0 aliphatic heterocycles. The van der Waals surface area contributed by atoms with Crippen LogP contribution in [0.15, 0.2) is 42.5 Å². The number of carbonyl (C=O) groups excluding carboxylic acids is 1. The third-order valence-electron chi connectivity index (χ3n) is 2.96. The van der Waals surface area contributed by atoms with Crippen molar-refractivity contribution >= 4 is 17.4 Å². The molecule has 0 amide bonds. The Morgan fingerprint density at radius 3 is 2.48 bits per heavy atom. The monoisotopic (exact) mass is 308 g/mol. The zero-order valence-corrected chi connectivity index (χ0v) is 12.4. The first-order valence-electron chi connectivity index (χ1n) is 6.32. The van der Waals surface area contributed by atoms with Crippen LogP contribution >= 0.6 is 11.6 Å². The first kappa shape index (κ1) is 15.3. The van der Waals surface area contributed by atoms with E-state index >= 15 is 0 Å². The maximum Gasteiger partial charge on any atom is 0.202 e. The van der Waals surface area contributed by atoms with Crippen molar-refractivity contribution in [2.45, 2.75) is 13.0 Å². The topological polar surface area (TPSA) is 35.5 Å². The molecule has 1 unspecified atom stereocenters. The van der Waals surface area contributed by atoms with Crippen LogP contribution in [0.25, 0.3) is 0 Å². The highest BCUT2D eigenvalue weighted by molar-refractivity contribution is 6.30. The van der Waals surface area contributed by atoms with Crippen molar-refractivity contribution < 1.29 is 18.7 Å². The summed E-state index contributed by atoms with van der Waals surface area (Å²) in [7, 11) is 1.55.